The van der Waals surface area contributed by atoms with Crippen LogP contribution >= 0.6 is 0 Å². The Labute approximate surface area is 250 Å². The molecule has 1 heterocycles. The van der Waals surface area contributed by atoms with E-state index in [9.17, 15) is 31.5 Å². The number of hydrogen-bond acceptors (Lipinski definition) is 7. The molecule has 4 aromatic rings. The third-order valence-electron chi connectivity index (χ3n) is 7.11. The number of furan rings is 1. The van der Waals surface area contributed by atoms with E-state index in [1.165, 1.54) is 23.5 Å². The average molecular weight is 628 g/mol. The molecule has 11 nitrogen and oxygen atoms in total. The van der Waals surface area contributed by atoms with Gasteiger partial charge < -0.3 is 14.8 Å². The van der Waals surface area contributed by atoms with Gasteiger partial charge >= 0.3 is 5.97 Å². The Kier molecular flexibility index (Phi) is 9.00. The third-order valence-corrected chi connectivity index (χ3v) is 10.3. The number of rotatable bonds is 11. The van der Waals surface area contributed by atoms with E-state index >= 15 is 0 Å². The van der Waals surface area contributed by atoms with E-state index in [0.717, 1.165) is 5.56 Å². The number of sulfonamides is 2. The molecule has 0 radical (unpaired) electrons. The Morgan fingerprint density at radius 1 is 0.930 bits per heavy atom. The molecular formula is C30H33N3O8S2. The van der Waals surface area contributed by atoms with Crippen LogP contribution in [0.2, 0.25) is 0 Å². The molecule has 1 atom stereocenters. The van der Waals surface area contributed by atoms with Crippen LogP contribution in [0, 0.1) is 12.8 Å². The van der Waals surface area contributed by atoms with Crippen molar-refractivity contribution in [2.24, 2.45) is 5.92 Å². The summed E-state index contributed by atoms with van der Waals surface area (Å²) in [6, 6.07) is 16.6. The highest BCUT2D eigenvalue weighted by Crippen LogP contribution is 2.35. The van der Waals surface area contributed by atoms with Crippen LogP contribution in [0.15, 0.2) is 76.0 Å². The molecule has 1 aromatic heterocycles. The maximum atomic E-state index is 13.1. The summed E-state index contributed by atoms with van der Waals surface area (Å²) >= 11 is 0. The summed E-state index contributed by atoms with van der Waals surface area (Å²) in [4.78, 5) is 24.5. The Balaban J connectivity index is 1.52. The van der Waals surface area contributed by atoms with Gasteiger partial charge in [-0.1, -0.05) is 44.2 Å². The van der Waals surface area contributed by atoms with Gasteiger partial charge in [0, 0.05) is 23.7 Å². The summed E-state index contributed by atoms with van der Waals surface area (Å²) in [5.41, 5.74) is 3.26. The molecule has 1 amide bonds. The van der Waals surface area contributed by atoms with E-state index in [2.05, 4.69) is 10.0 Å². The Morgan fingerprint density at radius 3 is 2.05 bits per heavy atom. The fourth-order valence-corrected chi connectivity index (χ4v) is 6.75. The number of aliphatic carboxylic acids is 1. The lowest BCUT2D eigenvalue weighted by atomic mass is 10.1. The van der Waals surface area contributed by atoms with Gasteiger partial charge in [-0.3, -0.25) is 13.9 Å². The summed E-state index contributed by atoms with van der Waals surface area (Å²) in [7, 11) is -6.11. The maximum absolute atomic E-state index is 13.1. The molecule has 3 N–H and O–H groups in total. The Morgan fingerprint density at radius 2 is 1.51 bits per heavy atom. The van der Waals surface area contributed by atoms with E-state index in [1.807, 2.05) is 0 Å². The molecule has 0 aliphatic heterocycles. The number of carboxylic acids is 1. The van der Waals surface area contributed by atoms with Gasteiger partial charge in [0.2, 0.25) is 20.0 Å². The van der Waals surface area contributed by atoms with E-state index in [1.54, 1.807) is 82.3 Å². The van der Waals surface area contributed by atoms with Crippen molar-refractivity contribution in [2.45, 2.75) is 38.6 Å². The highest BCUT2D eigenvalue weighted by atomic mass is 32.2. The van der Waals surface area contributed by atoms with Crippen LogP contribution in [0.5, 0.6) is 0 Å². The zero-order valence-corrected chi connectivity index (χ0v) is 25.9. The number of anilines is 2. The fourth-order valence-electron chi connectivity index (χ4n) is 4.57. The molecule has 0 spiro atoms. The van der Waals surface area contributed by atoms with Gasteiger partial charge in [0.15, 0.2) is 5.76 Å². The number of benzene rings is 3. The van der Waals surface area contributed by atoms with Gasteiger partial charge in [-0.2, -0.15) is 4.72 Å². The van der Waals surface area contributed by atoms with Crippen molar-refractivity contribution in [3.8, 4) is 11.1 Å². The number of amides is 1. The maximum Gasteiger partial charge on any atom is 0.322 e. The van der Waals surface area contributed by atoms with Crippen LogP contribution in [-0.2, 0) is 24.8 Å². The lowest BCUT2D eigenvalue weighted by Gasteiger charge is -2.19. The lowest BCUT2D eigenvalue weighted by Crippen LogP contribution is -2.44. The molecule has 228 valence electrons. The van der Waals surface area contributed by atoms with Crippen LogP contribution in [-0.4, -0.2) is 52.7 Å². The topological polar surface area (TPSA) is 163 Å². The second kappa shape index (κ2) is 12.2. The van der Waals surface area contributed by atoms with Crippen molar-refractivity contribution in [1.29, 1.82) is 0 Å². The van der Waals surface area contributed by atoms with Gasteiger partial charge in [0.1, 0.15) is 11.6 Å². The summed E-state index contributed by atoms with van der Waals surface area (Å²) < 4.78 is 59.6. The molecule has 0 bridgehead atoms. The number of fused-ring (bicyclic) bond motifs is 1. The molecule has 43 heavy (non-hydrogen) atoms. The zero-order valence-electron chi connectivity index (χ0n) is 24.3. The first-order valence-corrected chi connectivity index (χ1v) is 16.5. The Bertz CT molecular complexity index is 1880. The second-order valence-corrected chi connectivity index (χ2v) is 14.3. The van der Waals surface area contributed by atoms with Crippen LogP contribution in [0.1, 0.15) is 36.9 Å². The van der Waals surface area contributed by atoms with Gasteiger partial charge in [-0.05, 0) is 67.3 Å². The second-order valence-electron chi connectivity index (χ2n) is 10.3. The highest BCUT2D eigenvalue weighted by Gasteiger charge is 2.28. The normalized spacial score (nSPS) is 12.8. The van der Waals surface area contributed by atoms with Crippen molar-refractivity contribution in [2.75, 3.05) is 22.4 Å². The predicted octanol–water partition coefficient (Wildman–Crippen LogP) is 4.83. The first-order chi connectivity index (χ1) is 20.2. The summed E-state index contributed by atoms with van der Waals surface area (Å²) in [5, 5.41) is 12.6. The largest absolute Gasteiger partial charge is 0.480 e. The fraction of sp³-hybridized carbons (Fsp3) is 0.267. The standard InChI is InChI=1S/C30H33N3O8S2/c1-6-42(37,38)33(5)24-8-7-9-25-26(24)19(4)28(41-25)29(34)31-22-14-10-20(11-15-22)21-12-16-23(17-13-21)43(39,40)32-27(18(2)3)30(35)36/h7-18,27,32H,6H2,1-5H3,(H,31,34)(H,35,36). The molecular weight excluding hydrogens is 594 g/mol. The quantitative estimate of drug-likeness (QED) is 0.213. The molecule has 3 aromatic carbocycles. The average Bonchev–Trinajstić information content (AvgIpc) is 3.32. The third kappa shape index (κ3) is 6.58. The summed E-state index contributed by atoms with van der Waals surface area (Å²) in [6.45, 7) is 6.49. The lowest BCUT2D eigenvalue weighted by molar-refractivity contribution is -0.140. The smallest absolute Gasteiger partial charge is 0.322 e. The number of nitrogens with zero attached hydrogens (tertiary/aromatic N) is 1. The number of carbonyl (C=O) groups excluding carboxylic acids is 1. The van der Waals surface area contributed by atoms with Crippen LogP contribution in [0.3, 0.4) is 0 Å². The van der Waals surface area contributed by atoms with Crippen LogP contribution in [0.25, 0.3) is 22.1 Å². The van der Waals surface area contributed by atoms with Crippen molar-refractivity contribution >= 4 is 54.3 Å². The van der Waals surface area contributed by atoms with E-state index in [4.69, 9.17) is 4.42 Å². The SMILES string of the molecule is CCS(=O)(=O)N(C)c1cccc2oc(C(=O)Nc3ccc(-c4ccc(S(=O)(=O)NC(C(=O)O)C(C)C)cc4)cc3)c(C)c12. The monoisotopic (exact) mass is 627 g/mol. The van der Waals surface area contributed by atoms with Gasteiger partial charge in [0.25, 0.3) is 5.91 Å². The Hall–Kier alpha value is -4.20. The molecule has 1 unspecified atom stereocenters. The molecule has 0 aliphatic carbocycles. The van der Waals surface area contributed by atoms with E-state index in [-0.39, 0.29) is 16.4 Å². The summed E-state index contributed by atoms with van der Waals surface area (Å²) in [6.07, 6.45) is 0. The number of hydrogen-bond donors (Lipinski definition) is 3. The number of aryl methyl sites for hydroxylation is 1. The minimum Gasteiger partial charge on any atom is -0.480 e. The number of nitrogens with one attached hydrogen (secondary N) is 2. The van der Waals surface area contributed by atoms with Crippen molar-refractivity contribution in [3.05, 3.63) is 78.1 Å². The predicted molar refractivity (Wildman–Crippen MR) is 165 cm³/mol. The van der Waals surface area contributed by atoms with Gasteiger partial charge in [-0.25, -0.2) is 16.8 Å². The summed E-state index contributed by atoms with van der Waals surface area (Å²) in [5.74, 6) is -2.22. The van der Waals surface area contributed by atoms with Crippen molar-refractivity contribution in [1.82, 2.24) is 4.72 Å². The minimum atomic E-state index is -4.04. The van der Waals surface area contributed by atoms with Gasteiger partial charge in [-0.15, -0.1) is 0 Å². The zero-order chi connectivity index (χ0) is 31.7. The van der Waals surface area contributed by atoms with Crippen LogP contribution in [0.4, 0.5) is 11.4 Å². The van der Waals surface area contributed by atoms with E-state index in [0.29, 0.717) is 33.5 Å². The van der Waals surface area contributed by atoms with Crippen LogP contribution < -0.4 is 14.3 Å². The minimum absolute atomic E-state index is 0.0573. The first-order valence-electron chi connectivity index (χ1n) is 13.4. The molecule has 0 saturated heterocycles. The number of carboxylic acid groups (broad SMARTS) is 1. The number of carbonyl (C=O) groups is 2. The molecule has 13 heteroatoms. The van der Waals surface area contributed by atoms with Crippen molar-refractivity contribution in [3.63, 3.8) is 0 Å². The molecule has 0 aliphatic rings. The van der Waals surface area contributed by atoms with Gasteiger partial charge in [0.05, 0.1) is 16.3 Å². The van der Waals surface area contributed by atoms with Crippen molar-refractivity contribution < 1.29 is 35.9 Å². The van der Waals surface area contributed by atoms with E-state index < -0.39 is 43.9 Å². The first kappa shape index (κ1) is 31.7. The highest BCUT2D eigenvalue weighted by molar-refractivity contribution is 7.92. The molecule has 4 rings (SSSR count). The molecule has 0 fully saturated rings. The molecule has 0 saturated carbocycles.